The van der Waals surface area contributed by atoms with Gasteiger partial charge in [0.25, 0.3) is 0 Å². The summed E-state index contributed by atoms with van der Waals surface area (Å²) in [7, 11) is 0. The third-order valence-electron chi connectivity index (χ3n) is 7.09. The maximum atomic E-state index is 12.6. The second-order valence-electron chi connectivity index (χ2n) is 10.4. The molecule has 4 nitrogen and oxygen atoms in total. The number of hydrogen-bond donors (Lipinski definition) is 2. The quantitative estimate of drug-likeness (QED) is 0.0905. The van der Waals surface area contributed by atoms with Crippen LogP contribution in [0, 0.1) is 5.92 Å². The van der Waals surface area contributed by atoms with Gasteiger partial charge in [0.1, 0.15) is 6.10 Å². The van der Waals surface area contributed by atoms with Gasteiger partial charge in [0, 0.05) is 0 Å². The van der Waals surface area contributed by atoms with Crippen LogP contribution >= 0.6 is 0 Å². The van der Waals surface area contributed by atoms with E-state index in [4.69, 9.17) is 4.74 Å². The van der Waals surface area contributed by atoms with Gasteiger partial charge in [-0.2, -0.15) is 0 Å². The molecule has 204 valence electrons. The topological polar surface area (TPSA) is 66.8 Å². The van der Waals surface area contributed by atoms with Gasteiger partial charge in [-0.1, -0.05) is 149 Å². The number of aliphatic hydroxyl groups excluding tert-OH is 2. The van der Waals surface area contributed by atoms with Crippen molar-refractivity contribution in [1.29, 1.82) is 0 Å². The van der Waals surface area contributed by atoms with Crippen molar-refractivity contribution in [3.05, 3.63) is 0 Å². The molecule has 0 spiro atoms. The number of esters is 1. The fourth-order valence-corrected chi connectivity index (χ4v) is 4.71. The first-order chi connectivity index (χ1) is 16.7. The minimum Gasteiger partial charge on any atom is -0.457 e. The summed E-state index contributed by atoms with van der Waals surface area (Å²) in [6.07, 6.45) is 28.2. The summed E-state index contributed by atoms with van der Waals surface area (Å²) >= 11 is 0. The second-order valence-corrected chi connectivity index (χ2v) is 10.4. The normalized spacial score (nSPS) is 12.4. The van der Waals surface area contributed by atoms with E-state index in [1.807, 2.05) is 0 Å². The van der Waals surface area contributed by atoms with Gasteiger partial charge < -0.3 is 14.9 Å². The van der Waals surface area contributed by atoms with Crippen molar-refractivity contribution >= 4 is 5.97 Å². The Morgan fingerprint density at radius 1 is 0.529 bits per heavy atom. The molecule has 0 radical (unpaired) electrons. The van der Waals surface area contributed by atoms with Crippen molar-refractivity contribution < 1.29 is 19.7 Å². The lowest BCUT2D eigenvalue weighted by atomic mass is 9.94. The molecule has 0 fully saturated rings. The van der Waals surface area contributed by atoms with Crippen LogP contribution in [0.3, 0.4) is 0 Å². The number of unbranched alkanes of at least 4 members (excludes halogenated alkanes) is 19. The van der Waals surface area contributed by atoms with E-state index >= 15 is 0 Å². The average Bonchev–Trinajstić information content (AvgIpc) is 2.85. The summed E-state index contributed by atoms with van der Waals surface area (Å²) < 4.78 is 5.36. The van der Waals surface area contributed by atoms with E-state index in [2.05, 4.69) is 13.8 Å². The molecule has 0 aliphatic heterocycles. The molecular formula is C30H60O4. The van der Waals surface area contributed by atoms with Crippen molar-refractivity contribution in [1.82, 2.24) is 0 Å². The van der Waals surface area contributed by atoms with Crippen LogP contribution in [0.2, 0.25) is 0 Å². The van der Waals surface area contributed by atoms with Gasteiger partial charge in [0.2, 0.25) is 0 Å². The third kappa shape index (κ3) is 21.9. The standard InChI is InChI=1S/C30H60O4/c1-3-5-7-9-11-13-15-17-19-21-23-25-28(30(33)34-29(26-31)27-32)24-22-20-18-16-14-12-10-8-6-4-2/h28-29,31-32H,3-27H2,1-2H3. The second kappa shape index (κ2) is 27.0. The van der Waals surface area contributed by atoms with Crippen molar-refractivity contribution in [2.45, 2.75) is 168 Å². The molecule has 1 unspecified atom stereocenters. The molecule has 2 N–H and O–H groups in total. The average molecular weight is 485 g/mol. The van der Waals surface area contributed by atoms with Crippen molar-refractivity contribution in [2.24, 2.45) is 5.92 Å². The lowest BCUT2D eigenvalue weighted by molar-refractivity contribution is -0.159. The van der Waals surface area contributed by atoms with Crippen molar-refractivity contribution in [2.75, 3.05) is 13.2 Å². The van der Waals surface area contributed by atoms with Gasteiger partial charge in [0.15, 0.2) is 0 Å². The Balaban J connectivity index is 4.01. The van der Waals surface area contributed by atoms with Gasteiger partial charge in [-0.3, -0.25) is 4.79 Å². The number of carbonyl (C=O) groups is 1. The highest BCUT2D eigenvalue weighted by molar-refractivity contribution is 5.72. The summed E-state index contributed by atoms with van der Waals surface area (Å²) in [4.78, 5) is 12.6. The Bertz CT molecular complexity index is 409. The highest BCUT2D eigenvalue weighted by atomic mass is 16.6. The fourth-order valence-electron chi connectivity index (χ4n) is 4.71. The minimum atomic E-state index is -0.778. The van der Waals surface area contributed by atoms with Crippen LogP contribution in [0.1, 0.15) is 162 Å². The Labute approximate surface area is 212 Å². The lowest BCUT2D eigenvalue weighted by Gasteiger charge is -2.19. The number of hydrogen-bond acceptors (Lipinski definition) is 4. The molecule has 0 aromatic heterocycles. The smallest absolute Gasteiger partial charge is 0.309 e. The molecule has 0 rings (SSSR count). The number of aliphatic hydroxyl groups is 2. The van der Waals surface area contributed by atoms with Crippen LogP contribution in [0.15, 0.2) is 0 Å². The highest BCUT2D eigenvalue weighted by Gasteiger charge is 2.22. The Hall–Kier alpha value is -0.610. The summed E-state index contributed by atoms with van der Waals surface area (Å²) in [5, 5.41) is 18.5. The molecule has 0 aromatic rings. The van der Waals surface area contributed by atoms with E-state index in [0.717, 1.165) is 25.7 Å². The molecule has 0 bridgehead atoms. The van der Waals surface area contributed by atoms with E-state index in [1.165, 1.54) is 122 Å². The summed E-state index contributed by atoms with van der Waals surface area (Å²) in [6.45, 7) is 3.89. The van der Waals surface area contributed by atoms with Crippen LogP contribution in [0.5, 0.6) is 0 Å². The van der Waals surface area contributed by atoms with Crippen LogP contribution in [-0.2, 0) is 9.53 Å². The molecule has 0 heterocycles. The predicted molar refractivity (Wildman–Crippen MR) is 145 cm³/mol. The number of rotatable bonds is 27. The molecule has 0 aromatic carbocycles. The zero-order valence-corrected chi connectivity index (χ0v) is 23.0. The van der Waals surface area contributed by atoms with Gasteiger partial charge in [0.05, 0.1) is 19.1 Å². The maximum absolute atomic E-state index is 12.6. The molecule has 1 atom stereocenters. The summed E-state index contributed by atoms with van der Waals surface area (Å²) in [6, 6.07) is 0. The number of ether oxygens (including phenoxy) is 1. The number of carbonyl (C=O) groups excluding carboxylic acids is 1. The van der Waals surface area contributed by atoms with Gasteiger partial charge in [-0.05, 0) is 12.8 Å². The van der Waals surface area contributed by atoms with E-state index in [1.54, 1.807) is 0 Å². The largest absolute Gasteiger partial charge is 0.457 e. The van der Waals surface area contributed by atoms with E-state index in [0.29, 0.717) is 0 Å². The van der Waals surface area contributed by atoms with Crippen molar-refractivity contribution in [3.8, 4) is 0 Å². The van der Waals surface area contributed by atoms with Gasteiger partial charge >= 0.3 is 5.97 Å². The first-order valence-electron chi connectivity index (χ1n) is 15.1. The predicted octanol–water partition coefficient (Wildman–Crippen LogP) is 8.51. The van der Waals surface area contributed by atoms with Crippen LogP contribution in [-0.4, -0.2) is 35.5 Å². The molecule has 0 amide bonds. The van der Waals surface area contributed by atoms with Crippen molar-refractivity contribution in [3.63, 3.8) is 0 Å². The molecule has 4 heteroatoms. The summed E-state index contributed by atoms with van der Waals surface area (Å²) in [5.74, 6) is -0.315. The molecule has 0 saturated carbocycles. The zero-order valence-electron chi connectivity index (χ0n) is 23.0. The highest BCUT2D eigenvalue weighted by Crippen LogP contribution is 2.22. The SMILES string of the molecule is CCCCCCCCCCCCCC(CCCCCCCCCCCC)C(=O)OC(CO)CO. The fraction of sp³-hybridized carbons (Fsp3) is 0.967. The molecular weight excluding hydrogens is 424 g/mol. The van der Waals surface area contributed by atoms with E-state index < -0.39 is 6.10 Å². The first kappa shape index (κ1) is 33.4. The Morgan fingerprint density at radius 2 is 0.824 bits per heavy atom. The first-order valence-corrected chi connectivity index (χ1v) is 15.1. The van der Waals surface area contributed by atoms with E-state index in [9.17, 15) is 15.0 Å². The molecule has 0 saturated heterocycles. The molecule has 34 heavy (non-hydrogen) atoms. The van der Waals surface area contributed by atoms with Gasteiger partial charge in [-0.25, -0.2) is 0 Å². The molecule has 0 aliphatic rings. The van der Waals surface area contributed by atoms with Crippen LogP contribution in [0.4, 0.5) is 0 Å². The maximum Gasteiger partial charge on any atom is 0.309 e. The zero-order chi connectivity index (χ0) is 25.1. The summed E-state index contributed by atoms with van der Waals surface area (Å²) in [5.41, 5.74) is 0. The third-order valence-corrected chi connectivity index (χ3v) is 7.09. The van der Waals surface area contributed by atoms with E-state index in [-0.39, 0.29) is 25.1 Å². The minimum absolute atomic E-state index is 0.0896. The Morgan fingerprint density at radius 3 is 1.12 bits per heavy atom. The monoisotopic (exact) mass is 484 g/mol. The Kier molecular flexibility index (Phi) is 26.5. The van der Waals surface area contributed by atoms with Crippen LogP contribution in [0.25, 0.3) is 0 Å². The lowest BCUT2D eigenvalue weighted by Crippen LogP contribution is -2.29. The van der Waals surface area contributed by atoms with Gasteiger partial charge in [-0.15, -0.1) is 0 Å². The van der Waals surface area contributed by atoms with Crippen LogP contribution < -0.4 is 0 Å². The molecule has 0 aliphatic carbocycles.